The van der Waals surface area contributed by atoms with Gasteiger partial charge in [0.05, 0.1) is 6.61 Å². The van der Waals surface area contributed by atoms with Crippen molar-refractivity contribution in [1.29, 1.82) is 0 Å². The maximum Gasteiger partial charge on any atom is 0.269 e. The van der Waals surface area contributed by atoms with E-state index in [0.29, 0.717) is 0 Å². The number of alkyl halides is 3. The number of carbonyl (C=O) groups excluding carboxylic acids is 1. The van der Waals surface area contributed by atoms with Crippen molar-refractivity contribution in [2.75, 3.05) is 6.61 Å². The number of primary amides is 1. The molecule has 1 heterocycles. The summed E-state index contributed by atoms with van der Waals surface area (Å²) in [5.41, 5.74) is 4.53. The molecule has 114 valence electrons. The van der Waals surface area contributed by atoms with E-state index < -0.39 is 47.0 Å². The Bertz CT molecular complexity index is 296. The zero-order valence-corrected chi connectivity index (χ0v) is 11.6. The molecule has 1 saturated heterocycles. The summed E-state index contributed by atoms with van der Waals surface area (Å²) in [7, 11) is 0. The highest BCUT2D eigenvalue weighted by molar-refractivity contribution is 6.76. The van der Waals surface area contributed by atoms with Gasteiger partial charge in [-0.05, 0) is 0 Å². The van der Waals surface area contributed by atoms with E-state index in [4.69, 9.17) is 60.3 Å². The third-order valence-corrected chi connectivity index (χ3v) is 2.71. The number of amides is 1. The highest BCUT2D eigenvalue weighted by Gasteiger charge is 2.42. The van der Waals surface area contributed by atoms with Gasteiger partial charge in [0, 0.05) is 0 Å². The van der Waals surface area contributed by atoms with Crippen molar-refractivity contribution in [1.82, 2.24) is 0 Å². The average Bonchev–Trinajstić information content (AvgIpc) is 2.30. The van der Waals surface area contributed by atoms with Gasteiger partial charge in [-0.15, -0.1) is 0 Å². The minimum atomic E-state index is -1.94. The van der Waals surface area contributed by atoms with Crippen LogP contribution in [0.5, 0.6) is 0 Å². The first-order chi connectivity index (χ1) is 8.52. The lowest BCUT2D eigenvalue weighted by Crippen LogP contribution is -2.58. The Labute approximate surface area is 123 Å². The molecule has 7 N–H and O–H groups in total. The smallest absolute Gasteiger partial charge is 0.269 e. The molecule has 1 amide bonds. The van der Waals surface area contributed by atoms with Crippen LogP contribution in [0.3, 0.4) is 0 Å². The standard InChI is InChI=1S/C6H12O6.C2H2Cl3NO/c7-1-2-3(8)4(9)5(10)6(11)12-2;3-2(4,5)1(6)7/h2-11H,1H2;(H2,6,7)/t2-,3-,4+,5-,6-;/m1./s1. The maximum absolute atomic E-state index is 9.85. The predicted octanol–water partition coefficient (Wildman–Crippen LogP) is -2.38. The summed E-state index contributed by atoms with van der Waals surface area (Å²) in [6.45, 7) is -0.526. The van der Waals surface area contributed by atoms with Gasteiger partial charge in [0.15, 0.2) is 6.29 Å². The normalized spacial score (nSPS) is 35.3. The lowest BCUT2D eigenvalue weighted by molar-refractivity contribution is -0.286. The zero-order chi connectivity index (χ0) is 15.4. The van der Waals surface area contributed by atoms with Crippen molar-refractivity contribution in [2.24, 2.45) is 5.73 Å². The van der Waals surface area contributed by atoms with E-state index in [9.17, 15) is 4.79 Å². The quantitative estimate of drug-likeness (QED) is 0.291. The molecule has 0 aromatic rings. The summed E-state index contributed by atoms with van der Waals surface area (Å²) >= 11 is 14.8. The number of ether oxygens (including phenoxy) is 1. The van der Waals surface area contributed by atoms with Crippen molar-refractivity contribution < 1.29 is 35.1 Å². The Morgan fingerprint density at radius 1 is 1.11 bits per heavy atom. The average molecular weight is 343 g/mol. The summed E-state index contributed by atoms with van der Waals surface area (Å²) in [5, 5.41) is 44.7. The largest absolute Gasteiger partial charge is 0.394 e. The third kappa shape index (κ3) is 5.94. The van der Waals surface area contributed by atoms with Gasteiger partial charge in [-0.3, -0.25) is 4.79 Å². The van der Waals surface area contributed by atoms with E-state index in [1.54, 1.807) is 0 Å². The van der Waals surface area contributed by atoms with Crippen LogP contribution in [0.1, 0.15) is 0 Å². The number of carbonyl (C=O) groups is 1. The summed E-state index contributed by atoms with van der Waals surface area (Å²) in [5.74, 6) is -0.961. The first-order valence-corrected chi connectivity index (χ1v) is 6.01. The molecule has 1 aliphatic rings. The highest BCUT2D eigenvalue weighted by Crippen LogP contribution is 2.24. The molecular weight excluding hydrogens is 328 g/mol. The number of halogens is 3. The Kier molecular flexibility index (Phi) is 7.81. The van der Waals surface area contributed by atoms with Crippen LogP contribution < -0.4 is 5.73 Å². The van der Waals surface area contributed by atoms with Gasteiger partial charge in [0.2, 0.25) is 0 Å². The van der Waals surface area contributed by atoms with Gasteiger partial charge in [0.25, 0.3) is 9.70 Å². The third-order valence-electron chi connectivity index (χ3n) is 2.15. The number of aliphatic hydroxyl groups excluding tert-OH is 5. The summed E-state index contributed by atoms with van der Waals surface area (Å²) in [4.78, 5) is 9.85. The van der Waals surface area contributed by atoms with Crippen LogP contribution in [0.25, 0.3) is 0 Å². The maximum atomic E-state index is 9.85. The molecule has 0 spiro atoms. The van der Waals surface area contributed by atoms with Crippen LogP contribution in [0, 0.1) is 0 Å². The minimum absolute atomic E-state index is 0.526. The molecule has 0 saturated carbocycles. The second-order valence-corrected chi connectivity index (χ2v) is 5.86. The van der Waals surface area contributed by atoms with Gasteiger partial charge >= 0.3 is 0 Å². The van der Waals surface area contributed by atoms with Gasteiger partial charge in [-0.1, -0.05) is 34.8 Å². The van der Waals surface area contributed by atoms with E-state index >= 15 is 0 Å². The Morgan fingerprint density at radius 2 is 1.53 bits per heavy atom. The molecule has 0 aromatic heterocycles. The number of rotatable bonds is 1. The molecule has 11 heteroatoms. The summed E-state index contributed by atoms with van der Waals surface area (Å²) in [6.07, 6.45) is -7.04. The van der Waals surface area contributed by atoms with Gasteiger partial charge in [0.1, 0.15) is 24.4 Å². The van der Waals surface area contributed by atoms with E-state index in [0.717, 1.165) is 0 Å². The lowest BCUT2D eigenvalue weighted by atomic mass is 10.00. The molecule has 1 aliphatic heterocycles. The van der Waals surface area contributed by atoms with E-state index in [1.165, 1.54) is 0 Å². The van der Waals surface area contributed by atoms with Gasteiger partial charge < -0.3 is 36.0 Å². The van der Waals surface area contributed by atoms with Crippen LogP contribution in [-0.2, 0) is 9.53 Å². The van der Waals surface area contributed by atoms with Gasteiger partial charge in [-0.2, -0.15) is 0 Å². The highest BCUT2D eigenvalue weighted by atomic mass is 35.6. The van der Waals surface area contributed by atoms with Gasteiger partial charge in [-0.25, -0.2) is 0 Å². The fourth-order valence-corrected chi connectivity index (χ4v) is 1.08. The SMILES string of the molecule is NC(=O)C(Cl)(Cl)Cl.OC[C@H]1O[C@@H](O)[C@H](O)[C@@H](O)[C@@H]1O. The fourth-order valence-electron chi connectivity index (χ4n) is 1.08. The van der Waals surface area contributed by atoms with E-state index in [-0.39, 0.29) is 0 Å². The Balaban J connectivity index is 0.000000399. The zero-order valence-electron chi connectivity index (χ0n) is 9.36. The molecule has 0 radical (unpaired) electrons. The number of hydrogen-bond donors (Lipinski definition) is 6. The van der Waals surface area contributed by atoms with Crippen molar-refractivity contribution >= 4 is 40.7 Å². The second-order valence-electron chi connectivity index (χ2n) is 3.58. The molecular formula is C8H14Cl3NO7. The van der Waals surface area contributed by atoms with Crippen LogP contribution in [-0.4, -0.2) is 72.5 Å². The molecule has 8 nitrogen and oxygen atoms in total. The van der Waals surface area contributed by atoms with Crippen LogP contribution in [0.15, 0.2) is 0 Å². The topological polar surface area (TPSA) is 153 Å². The predicted molar refractivity (Wildman–Crippen MR) is 65.5 cm³/mol. The van der Waals surface area contributed by atoms with Crippen molar-refractivity contribution in [3.8, 4) is 0 Å². The van der Waals surface area contributed by atoms with Crippen molar-refractivity contribution in [2.45, 2.75) is 34.5 Å². The summed E-state index contributed by atoms with van der Waals surface area (Å²) < 4.78 is 2.63. The van der Waals surface area contributed by atoms with Crippen molar-refractivity contribution in [3.63, 3.8) is 0 Å². The minimum Gasteiger partial charge on any atom is -0.394 e. The molecule has 1 fully saturated rings. The molecule has 19 heavy (non-hydrogen) atoms. The first-order valence-electron chi connectivity index (χ1n) is 4.87. The second kappa shape index (κ2) is 7.77. The van der Waals surface area contributed by atoms with E-state index in [1.807, 2.05) is 0 Å². The number of aliphatic hydroxyl groups is 5. The molecule has 1 rings (SSSR count). The first kappa shape index (κ1) is 19.1. The molecule has 0 aromatic carbocycles. The van der Waals surface area contributed by atoms with Crippen LogP contribution in [0.4, 0.5) is 0 Å². The number of hydrogen-bond acceptors (Lipinski definition) is 7. The number of nitrogens with two attached hydrogens (primary N) is 1. The molecule has 0 unspecified atom stereocenters. The molecule has 5 atom stereocenters. The molecule has 0 bridgehead atoms. The Morgan fingerprint density at radius 3 is 1.84 bits per heavy atom. The van der Waals surface area contributed by atoms with Crippen molar-refractivity contribution in [3.05, 3.63) is 0 Å². The fraction of sp³-hybridized carbons (Fsp3) is 0.875. The monoisotopic (exact) mass is 341 g/mol. The van der Waals surface area contributed by atoms with E-state index in [2.05, 4.69) is 10.5 Å². The van der Waals surface area contributed by atoms with Crippen LogP contribution >= 0.6 is 34.8 Å². The lowest BCUT2D eigenvalue weighted by Gasteiger charge is -2.37. The van der Waals surface area contributed by atoms with Crippen LogP contribution in [0.2, 0.25) is 0 Å². The molecule has 0 aliphatic carbocycles. The Hall–Kier alpha value is 0.1000. The summed E-state index contributed by atoms with van der Waals surface area (Å²) in [6, 6.07) is 0.